The number of halogens is 2. The lowest BCUT2D eigenvalue weighted by atomic mass is 9.98. The molecule has 3 aromatic rings. The van der Waals surface area contributed by atoms with Gasteiger partial charge in [0.05, 0.1) is 12.5 Å². The van der Waals surface area contributed by atoms with Crippen molar-refractivity contribution in [3.05, 3.63) is 77.0 Å². The lowest BCUT2D eigenvalue weighted by molar-refractivity contribution is -0.134. The van der Waals surface area contributed by atoms with Crippen molar-refractivity contribution in [3.63, 3.8) is 0 Å². The Balaban J connectivity index is 1.42. The first-order valence-corrected chi connectivity index (χ1v) is 9.74. The van der Waals surface area contributed by atoms with Crippen LogP contribution in [0.3, 0.4) is 0 Å². The standard InChI is InChI=1S/C22H20F2N4O/c23-14-4-1-3-13(9-14)10-20(29)28-17-7-8-19(28)21-18(12-17)26-27-22(21)25-16-6-2-5-15(24)11-16/h1-6,9,11,17,19H,7-8,10,12H2,(H2,25,26,27)/t17-,19-/m0/s1. The third-order valence-corrected chi connectivity index (χ3v) is 5.78. The van der Waals surface area contributed by atoms with Crippen molar-refractivity contribution in [3.8, 4) is 0 Å². The highest BCUT2D eigenvalue weighted by atomic mass is 19.1. The number of rotatable bonds is 4. The number of aromatic amines is 1. The van der Waals surface area contributed by atoms with Crippen molar-refractivity contribution in [1.82, 2.24) is 15.1 Å². The Hall–Kier alpha value is -3.22. The van der Waals surface area contributed by atoms with Crippen LogP contribution < -0.4 is 5.32 Å². The van der Waals surface area contributed by atoms with Crippen LogP contribution >= 0.6 is 0 Å². The number of nitrogens with zero attached hydrogens (tertiary/aromatic N) is 2. The van der Waals surface area contributed by atoms with Crippen molar-refractivity contribution in [2.24, 2.45) is 0 Å². The van der Waals surface area contributed by atoms with E-state index < -0.39 is 0 Å². The predicted molar refractivity (Wildman–Crippen MR) is 105 cm³/mol. The molecule has 0 saturated carbocycles. The Morgan fingerprint density at radius 2 is 1.93 bits per heavy atom. The molecule has 1 amide bonds. The van der Waals surface area contributed by atoms with Gasteiger partial charge < -0.3 is 10.2 Å². The molecule has 2 aliphatic rings. The maximum Gasteiger partial charge on any atom is 0.227 e. The number of anilines is 2. The maximum atomic E-state index is 13.5. The first-order chi connectivity index (χ1) is 14.1. The van der Waals surface area contributed by atoms with Gasteiger partial charge in [-0.3, -0.25) is 9.89 Å². The molecule has 2 N–H and O–H groups in total. The molecule has 148 valence electrons. The smallest absolute Gasteiger partial charge is 0.227 e. The van der Waals surface area contributed by atoms with Gasteiger partial charge in [-0.2, -0.15) is 5.10 Å². The van der Waals surface area contributed by atoms with E-state index in [0.717, 1.165) is 24.1 Å². The molecule has 0 spiro atoms. The first kappa shape index (κ1) is 17.8. The molecular weight excluding hydrogens is 374 g/mol. The highest BCUT2D eigenvalue weighted by Crippen LogP contribution is 2.46. The van der Waals surface area contributed by atoms with Crippen molar-refractivity contribution >= 4 is 17.4 Å². The Bertz CT molecular complexity index is 1080. The van der Waals surface area contributed by atoms with E-state index in [1.165, 1.54) is 24.3 Å². The minimum absolute atomic E-state index is 0.00773. The van der Waals surface area contributed by atoms with Crippen LogP contribution in [-0.4, -0.2) is 27.0 Å². The zero-order valence-electron chi connectivity index (χ0n) is 15.7. The fourth-order valence-electron chi connectivity index (χ4n) is 4.59. The number of nitrogens with one attached hydrogen (secondary N) is 2. The van der Waals surface area contributed by atoms with Crippen molar-refractivity contribution in [2.75, 3.05) is 5.32 Å². The van der Waals surface area contributed by atoms with E-state index in [9.17, 15) is 13.6 Å². The second kappa shape index (κ2) is 6.99. The normalized spacial score (nSPS) is 19.9. The van der Waals surface area contributed by atoms with Crippen molar-refractivity contribution in [2.45, 2.75) is 37.8 Å². The number of carbonyl (C=O) groups is 1. The van der Waals surface area contributed by atoms with Gasteiger partial charge in [0.2, 0.25) is 5.91 Å². The number of hydrogen-bond donors (Lipinski definition) is 2. The van der Waals surface area contributed by atoms with Crippen LogP contribution in [-0.2, 0) is 17.6 Å². The average Bonchev–Trinajstić information content (AvgIpc) is 3.22. The molecule has 1 fully saturated rings. The summed E-state index contributed by atoms with van der Waals surface area (Å²) in [5.41, 5.74) is 3.27. The Kier molecular flexibility index (Phi) is 4.30. The summed E-state index contributed by atoms with van der Waals surface area (Å²) in [4.78, 5) is 15.0. The molecule has 1 saturated heterocycles. The molecule has 0 unspecified atom stereocenters. The molecule has 29 heavy (non-hydrogen) atoms. The summed E-state index contributed by atoms with van der Waals surface area (Å²) in [6.07, 6.45) is 2.65. The van der Waals surface area contributed by atoms with Gasteiger partial charge in [-0.25, -0.2) is 8.78 Å². The molecule has 2 bridgehead atoms. The highest BCUT2D eigenvalue weighted by Gasteiger charge is 2.44. The van der Waals surface area contributed by atoms with Gasteiger partial charge in [0.15, 0.2) is 5.82 Å². The van der Waals surface area contributed by atoms with Gasteiger partial charge in [-0.15, -0.1) is 0 Å². The van der Waals surface area contributed by atoms with Crippen molar-refractivity contribution < 1.29 is 13.6 Å². The monoisotopic (exact) mass is 394 g/mol. The largest absolute Gasteiger partial charge is 0.338 e. The summed E-state index contributed by atoms with van der Waals surface area (Å²) >= 11 is 0. The number of aromatic nitrogens is 2. The zero-order valence-corrected chi connectivity index (χ0v) is 15.7. The summed E-state index contributed by atoms with van der Waals surface area (Å²) in [6.45, 7) is 0. The second-order valence-electron chi connectivity index (χ2n) is 7.66. The number of hydrogen-bond acceptors (Lipinski definition) is 3. The third kappa shape index (κ3) is 3.26. The van der Waals surface area contributed by atoms with Crippen LogP contribution in [0.25, 0.3) is 0 Å². The summed E-state index contributed by atoms with van der Waals surface area (Å²) in [5, 5.41) is 10.7. The molecule has 7 heteroatoms. The Labute approximate surface area is 166 Å². The Morgan fingerprint density at radius 1 is 1.14 bits per heavy atom. The SMILES string of the molecule is O=C(Cc1cccc(F)c1)N1[C@H]2CC[C@H]1c1c(Nc3cccc(F)c3)n[nH]c1C2. The summed E-state index contributed by atoms with van der Waals surface area (Å²) in [7, 11) is 0. The van der Waals surface area contributed by atoms with E-state index in [1.807, 2.05) is 4.90 Å². The summed E-state index contributed by atoms with van der Waals surface area (Å²) < 4.78 is 27.0. The average molecular weight is 394 g/mol. The number of amides is 1. The van der Waals surface area contributed by atoms with E-state index in [0.29, 0.717) is 23.5 Å². The lowest BCUT2D eigenvalue weighted by Crippen LogP contribution is -2.42. The third-order valence-electron chi connectivity index (χ3n) is 5.78. The number of benzene rings is 2. The fourth-order valence-corrected chi connectivity index (χ4v) is 4.59. The molecular formula is C22H20F2N4O. The van der Waals surface area contributed by atoms with Gasteiger partial charge in [0.25, 0.3) is 0 Å². The van der Waals surface area contributed by atoms with E-state index in [4.69, 9.17) is 0 Å². The minimum Gasteiger partial charge on any atom is -0.338 e. The van der Waals surface area contributed by atoms with Crippen LogP contribution in [0, 0.1) is 11.6 Å². The van der Waals surface area contributed by atoms with Gasteiger partial charge in [-0.1, -0.05) is 18.2 Å². The Morgan fingerprint density at radius 3 is 2.72 bits per heavy atom. The van der Waals surface area contributed by atoms with E-state index >= 15 is 0 Å². The van der Waals surface area contributed by atoms with Crippen LogP contribution in [0.4, 0.5) is 20.3 Å². The molecule has 2 atom stereocenters. The number of fused-ring (bicyclic) bond motifs is 4. The topological polar surface area (TPSA) is 61.0 Å². The van der Waals surface area contributed by atoms with Gasteiger partial charge in [-0.05, 0) is 48.7 Å². The molecule has 2 aliphatic heterocycles. The minimum atomic E-state index is -0.337. The lowest BCUT2D eigenvalue weighted by Gasteiger charge is -2.35. The van der Waals surface area contributed by atoms with E-state index in [1.54, 1.807) is 24.3 Å². The summed E-state index contributed by atoms with van der Waals surface area (Å²) in [5.74, 6) is -0.0472. The van der Waals surface area contributed by atoms with Crippen LogP contribution in [0.5, 0.6) is 0 Å². The molecule has 1 aromatic heterocycles. The quantitative estimate of drug-likeness (QED) is 0.695. The number of carbonyl (C=O) groups excluding carboxylic acids is 1. The number of H-pyrrole nitrogens is 1. The predicted octanol–water partition coefficient (Wildman–Crippen LogP) is 4.26. The van der Waals surface area contributed by atoms with Gasteiger partial charge in [0, 0.05) is 29.4 Å². The van der Waals surface area contributed by atoms with Crippen molar-refractivity contribution in [1.29, 1.82) is 0 Å². The highest BCUT2D eigenvalue weighted by molar-refractivity contribution is 5.81. The van der Waals surface area contributed by atoms with Crippen LogP contribution in [0.1, 0.15) is 35.7 Å². The maximum absolute atomic E-state index is 13.5. The molecule has 0 aliphatic carbocycles. The van der Waals surface area contributed by atoms with Gasteiger partial charge in [0.1, 0.15) is 11.6 Å². The fraction of sp³-hybridized carbons (Fsp3) is 0.273. The first-order valence-electron chi connectivity index (χ1n) is 9.74. The zero-order chi connectivity index (χ0) is 20.0. The van der Waals surface area contributed by atoms with Crippen LogP contribution in [0.2, 0.25) is 0 Å². The second-order valence-corrected chi connectivity index (χ2v) is 7.66. The summed E-state index contributed by atoms with van der Waals surface area (Å²) in [6, 6.07) is 12.4. The molecule has 0 radical (unpaired) electrons. The molecule has 3 heterocycles. The molecule has 2 aromatic carbocycles. The molecule has 5 rings (SSSR count). The van der Waals surface area contributed by atoms with E-state index in [2.05, 4.69) is 15.5 Å². The van der Waals surface area contributed by atoms with Crippen LogP contribution in [0.15, 0.2) is 48.5 Å². The van der Waals surface area contributed by atoms with E-state index in [-0.39, 0.29) is 36.0 Å². The molecule has 5 nitrogen and oxygen atoms in total. The van der Waals surface area contributed by atoms with Gasteiger partial charge >= 0.3 is 0 Å².